The van der Waals surface area contributed by atoms with Crippen molar-refractivity contribution >= 4 is 5.97 Å². The Morgan fingerprint density at radius 3 is 2.14 bits per heavy atom. The maximum Gasteiger partial charge on any atom is 0.303 e. The number of aryl methyl sites for hydroxylation is 1. The monoisotopic (exact) mass is 306 g/mol. The minimum absolute atomic E-state index is 0.0891. The second-order valence-corrected chi connectivity index (χ2v) is 8.21. The van der Waals surface area contributed by atoms with Gasteiger partial charge in [-0.25, -0.2) is 0 Å². The Morgan fingerprint density at radius 1 is 1.14 bits per heavy atom. The number of carbonyl (C=O) groups is 1. The molecule has 0 radical (unpaired) electrons. The number of hydrogen-bond acceptors (Lipinski definition) is 2. The summed E-state index contributed by atoms with van der Waals surface area (Å²) in [7, 11) is 0. The molecule has 0 aliphatic heterocycles. The van der Waals surface area contributed by atoms with Gasteiger partial charge in [-0.15, -0.1) is 0 Å². The maximum absolute atomic E-state index is 10.8. The van der Waals surface area contributed by atoms with E-state index in [9.17, 15) is 9.90 Å². The normalized spacial score (nSPS) is 12.5. The first-order chi connectivity index (χ1) is 9.85. The van der Waals surface area contributed by atoms with E-state index >= 15 is 0 Å². The summed E-state index contributed by atoms with van der Waals surface area (Å²) in [5.41, 5.74) is 3.82. The number of phenols is 1. The highest BCUT2D eigenvalue weighted by atomic mass is 16.4. The molecule has 22 heavy (non-hydrogen) atoms. The van der Waals surface area contributed by atoms with Gasteiger partial charge >= 0.3 is 5.97 Å². The Hall–Kier alpha value is -1.51. The fourth-order valence-corrected chi connectivity index (χ4v) is 3.57. The van der Waals surface area contributed by atoms with Crippen LogP contribution < -0.4 is 0 Å². The molecule has 0 aliphatic carbocycles. The van der Waals surface area contributed by atoms with Crippen molar-refractivity contribution in [3.63, 3.8) is 0 Å². The third-order valence-electron chi connectivity index (χ3n) is 4.19. The van der Waals surface area contributed by atoms with Crippen molar-refractivity contribution < 1.29 is 15.0 Å². The lowest BCUT2D eigenvalue weighted by molar-refractivity contribution is -0.136. The smallest absolute Gasteiger partial charge is 0.303 e. The first kappa shape index (κ1) is 18.5. The molecule has 0 unspecified atom stereocenters. The Bertz CT molecular complexity index is 563. The molecule has 2 N–H and O–H groups in total. The SMILES string of the molecule is Cc1cc(C(C)(C)CC(C)(C)C)c(O)c(C)c1CCC(=O)O. The minimum atomic E-state index is -0.810. The zero-order chi connectivity index (χ0) is 17.3. The molecule has 0 saturated carbocycles. The lowest BCUT2D eigenvalue weighted by atomic mass is 9.71. The zero-order valence-electron chi connectivity index (χ0n) is 15.0. The van der Waals surface area contributed by atoms with Crippen LogP contribution in [0.5, 0.6) is 5.75 Å². The van der Waals surface area contributed by atoms with E-state index in [-0.39, 0.29) is 17.3 Å². The molecule has 0 amide bonds. The second-order valence-electron chi connectivity index (χ2n) is 8.21. The molecule has 3 heteroatoms. The molecule has 1 aromatic carbocycles. The first-order valence-corrected chi connectivity index (χ1v) is 7.89. The molecule has 0 heterocycles. The van der Waals surface area contributed by atoms with Crippen molar-refractivity contribution in [2.45, 2.75) is 73.1 Å². The topological polar surface area (TPSA) is 57.5 Å². The summed E-state index contributed by atoms with van der Waals surface area (Å²) in [5.74, 6) is -0.490. The third-order valence-corrected chi connectivity index (χ3v) is 4.19. The lowest BCUT2D eigenvalue weighted by Gasteiger charge is -2.34. The van der Waals surface area contributed by atoms with Gasteiger partial charge in [-0.05, 0) is 54.2 Å². The molecule has 0 spiro atoms. The van der Waals surface area contributed by atoms with E-state index < -0.39 is 5.97 Å². The van der Waals surface area contributed by atoms with E-state index in [1.165, 1.54) is 0 Å². The maximum atomic E-state index is 10.8. The quantitative estimate of drug-likeness (QED) is 0.826. The number of aromatic hydroxyl groups is 1. The molecule has 1 rings (SSSR count). The van der Waals surface area contributed by atoms with Gasteiger partial charge in [-0.1, -0.05) is 40.7 Å². The van der Waals surface area contributed by atoms with Gasteiger partial charge in [0.15, 0.2) is 0 Å². The average Bonchev–Trinajstić information content (AvgIpc) is 2.30. The van der Waals surface area contributed by atoms with E-state index in [1.54, 1.807) is 0 Å². The van der Waals surface area contributed by atoms with E-state index in [2.05, 4.69) is 34.6 Å². The van der Waals surface area contributed by atoms with Gasteiger partial charge in [0.05, 0.1) is 0 Å². The minimum Gasteiger partial charge on any atom is -0.507 e. The van der Waals surface area contributed by atoms with Crippen molar-refractivity contribution in [3.8, 4) is 5.75 Å². The van der Waals surface area contributed by atoms with Crippen molar-refractivity contribution in [1.82, 2.24) is 0 Å². The van der Waals surface area contributed by atoms with Crippen molar-refractivity contribution in [2.75, 3.05) is 0 Å². The predicted octanol–water partition coefficient (Wildman–Crippen LogP) is 4.74. The highest BCUT2D eigenvalue weighted by molar-refractivity contribution is 5.67. The lowest BCUT2D eigenvalue weighted by Crippen LogP contribution is -2.25. The van der Waals surface area contributed by atoms with Gasteiger partial charge in [0.2, 0.25) is 0 Å². The summed E-state index contributed by atoms with van der Waals surface area (Å²) in [6.45, 7) is 14.8. The van der Waals surface area contributed by atoms with Crippen LogP contribution >= 0.6 is 0 Å². The second kappa shape index (κ2) is 6.31. The molecule has 0 bridgehead atoms. The molecular weight excluding hydrogens is 276 g/mol. The van der Waals surface area contributed by atoms with Crippen LogP contribution in [0.1, 0.15) is 69.7 Å². The number of hydrogen-bond donors (Lipinski definition) is 2. The van der Waals surface area contributed by atoms with Gasteiger partial charge in [0.25, 0.3) is 0 Å². The number of aliphatic carboxylic acids is 1. The fraction of sp³-hybridized carbons (Fsp3) is 0.632. The van der Waals surface area contributed by atoms with Gasteiger partial charge in [0.1, 0.15) is 5.75 Å². The molecule has 0 aromatic heterocycles. The number of carboxylic acids is 1. The molecule has 0 aliphatic rings. The standard InChI is InChI=1S/C19H30O3/c1-12-10-15(19(6,7)11-18(3,4)5)17(22)13(2)14(12)8-9-16(20)21/h10,22H,8-9,11H2,1-7H3,(H,20,21). The number of benzene rings is 1. The Balaban J connectivity index is 3.27. The van der Waals surface area contributed by atoms with Crippen LogP contribution in [0.2, 0.25) is 0 Å². The van der Waals surface area contributed by atoms with E-state index in [1.807, 2.05) is 19.9 Å². The summed E-state index contributed by atoms with van der Waals surface area (Å²) in [6.07, 6.45) is 1.51. The molecule has 0 atom stereocenters. The van der Waals surface area contributed by atoms with Crippen LogP contribution in [-0.4, -0.2) is 16.2 Å². The molecular formula is C19H30O3. The van der Waals surface area contributed by atoms with Gasteiger partial charge in [0, 0.05) is 12.0 Å². The summed E-state index contributed by atoms with van der Waals surface area (Å²) in [6, 6.07) is 2.03. The van der Waals surface area contributed by atoms with Gasteiger partial charge in [-0.3, -0.25) is 4.79 Å². The van der Waals surface area contributed by atoms with Crippen LogP contribution in [0.4, 0.5) is 0 Å². The molecule has 1 aromatic rings. The van der Waals surface area contributed by atoms with Gasteiger partial charge < -0.3 is 10.2 Å². The van der Waals surface area contributed by atoms with E-state index in [0.29, 0.717) is 12.2 Å². The summed E-state index contributed by atoms with van der Waals surface area (Å²) in [4.78, 5) is 10.8. The fourth-order valence-electron chi connectivity index (χ4n) is 3.57. The number of phenolic OH excluding ortho intramolecular Hbond substituents is 1. The third kappa shape index (κ3) is 4.49. The van der Waals surface area contributed by atoms with Crippen LogP contribution in [0.25, 0.3) is 0 Å². The average molecular weight is 306 g/mol. The number of carboxylic acid groups (broad SMARTS) is 1. The summed E-state index contributed by atoms with van der Waals surface area (Å²) >= 11 is 0. The summed E-state index contributed by atoms with van der Waals surface area (Å²) in [5, 5.41) is 19.5. The van der Waals surface area contributed by atoms with Crippen LogP contribution in [0, 0.1) is 19.3 Å². The zero-order valence-corrected chi connectivity index (χ0v) is 15.0. The largest absolute Gasteiger partial charge is 0.507 e. The number of rotatable bonds is 5. The van der Waals surface area contributed by atoms with Crippen molar-refractivity contribution in [3.05, 3.63) is 28.3 Å². The molecule has 0 fully saturated rings. The molecule has 3 nitrogen and oxygen atoms in total. The first-order valence-electron chi connectivity index (χ1n) is 7.89. The summed E-state index contributed by atoms with van der Waals surface area (Å²) < 4.78 is 0. The highest BCUT2D eigenvalue weighted by Crippen LogP contribution is 2.42. The van der Waals surface area contributed by atoms with Crippen LogP contribution in [0.3, 0.4) is 0 Å². The molecule has 124 valence electrons. The van der Waals surface area contributed by atoms with Crippen molar-refractivity contribution in [1.29, 1.82) is 0 Å². The van der Waals surface area contributed by atoms with Crippen LogP contribution in [-0.2, 0) is 16.6 Å². The van der Waals surface area contributed by atoms with Crippen LogP contribution in [0.15, 0.2) is 6.07 Å². The predicted molar refractivity (Wildman–Crippen MR) is 90.6 cm³/mol. The van der Waals surface area contributed by atoms with Crippen molar-refractivity contribution in [2.24, 2.45) is 5.41 Å². The van der Waals surface area contributed by atoms with E-state index in [0.717, 1.165) is 28.7 Å². The molecule has 0 saturated heterocycles. The Labute approximate surface area is 134 Å². The Kier molecular flexibility index (Phi) is 5.32. The Morgan fingerprint density at radius 2 is 1.68 bits per heavy atom. The van der Waals surface area contributed by atoms with E-state index in [4.69, 9.17) is 5.11 Å². The highest BCUT2D eigenvalue weighted by Gasteiger charge is 2.31. The van der Waals surface area contributed by atoms with Gasteiger partial charge in [-0.2, -0.15) is 0 Å².